The molecule has 2 fully saturated rings. The van der Waals surface area contributed by atoms with Gasteiger partial charge in [0.25, 0.3) is 0 Å². The lowest BCUT2D eigenvalue weighted by Crippen LogP contribution is -2.50. The van der Waals surface area contributed by atoms with Crippen molar-refractivity contribution < 1.29 is 17.6 Å². The van der Waals surface area contributed by atoms with Crippen LogP contribution in [0.2, 0.25) is 5.02 Å². The van der Waals surface area contributed by atoms with Crippen molar-refractivity contribution in [2.24, 2.45) is 5.92 Å². The molecule has 0 spiro atoms. The van der Waals surface area contributed by atoms with Gasteiger partial charge in [0.15, 0.2) is 0 Å². The summed E-state index contributed by atoms with van der Waals surface area (Å²) in [5, 5.41) is -0.219. The zero-order chi connectivity index (χ0) is 15.9. The Bertz CT molecular complexity index is 698. The quantitative estimate of drug-likeness (QED) is 0.837. The molecular formula is C14H16ClFN2O3S. The van der Waals surface area contributed by atoms with Crippen LogP contribution in [0.5, 0.6) is 0 Å². The molecule has 1 heterocycles. The Balaban J connectivity index is 1.71. The number of nitrogens with zero attached hydrogens (tertiary/aromatic N) is 2. The third-order valence-corrected chi connectivity index (χ3v) is 6.19. The fourth-order valence-corrected chi connectivity index (χ4v) is 4.22. The second kappa shape index (κ2) is 5.79. The first-order valence-electron chi connectivity index (χ1n) is 7.13. The van der Waals surface area contributed by atoms with Crippen LogP contribution in [0.4, 0.5) is 4.39 Å². The lowest BCUT2D eigenvalue weighted by Gasteiger charge is -2.34. The minimum Gasteiger partial charge on any atom is -0.340 e. The van der Waals surface area contributed by atoms with E-state index in [1.165, 1.54) is 10.4 Å². The van der Waals surface area contributed by atoms with Crippen LogP contribution in [-0.2, 0) is 14.8 Å². The first kappa shape index (κ1) is 15.7. The first-order chi connectivity index (χ1) is 10.4. The van der Waals surface area contributed by atoms with E-state index in [-0.39, 0.29) is 34.8 Å². The summed E-state index contributed by atoms with van der Waals surface area (Å²) in [5.41, 5.74) is 0. The number of rotatable bonds is 3. The van der Waals surface area contributed by atoms with Crippen LogP contribution in [-0.4, -0.2) is 49.7 Å². The van der Waals surface area contributed by atoms with E-state index in [0.29, 0.717) is 13.1 Å². The normalized spacial score (nSPS) is 20.2. The van der Waals surface area contributed by atoms with Crippen LogP contribution in [0, 0.1) is 11.7 Å². The molecule has 5 nitrogen and oxygen atoms in total. The molecule has 1 aromatic rings. The molecule has 3 rings (SSSR count). The second-order valence-corrected chi connectivity index (χ2v) is 7.92. The number of carbonyl (C=O) groups is 1. The van der Waals surface area contributed by atoms with Crippen molar-refractivity contribution in [2.75, 3.05) is 26.2 Å². The van der Waals surface area contributed by atoms with Crippen LogP contribution in [0.1, 0.15) is 12.8 Å². The van der Waals surface area contributed by atoms with Crippen molar-refractivity contribution in [3.63, 3.8) is 0 Å². The van der Waals surface area contributed by atoms with E-state index < -0.39 is 15.8 Å². The molecule has 120 valence electrons. The SMILES string of the molecule is O=C(C1CC1)N1CCN(S(=O)(=O)c2ccc(F)c(Cl)c2)CC1. The molecule has 1 aromatic carbocycles. The Morgan fingerprint density at radius 1 is 1.18 bits per heavy atom. The summed E-state index contributed by atoms with van der Waals surface area (Å²) in [4.78, 5) is 13.7. The van der Waals surface area contributed by atoms with Gasteiger partial charge in [-0.2, -0.15) is 4.31 Å². The summed E-state index contributed by atoms with van der Waals surface area (Å²) in [7, 11) is -3.71. The number of sulfonamides is 1. The molecule has 1 aliphatic heterocycles. The first-order valence-corrected chi connectivity index (χ1v) is 8.95. The van der Waals surface area contributed by atoms with Gasteiger partial charge in [0.1, 0.15) is 5.82 Å². The standard InChI is InChI=1S/C14H16ClFN2O3S/c15-12-9-11(3-4-13(12)16)22(20,21)18-7-5-17(6-8-18)14(19)10-1-2-10/h3-4,9-10H,1-2,5-8H2. The van der Waals surface area contributed by atoms with Crippen molar-refractivity contribution >= 4 is 27.5 Å². The third kappa shape index (κ3) is 2.98. The molecule has 1 aliphatic carbocycles. The molecule has 8 heteroatoms. The van der Waals surface area contributed by atoms with Gasteiger partial charge in [-0.25, -0.2) is 12.8 Å². The molecule has 0 atom stereocenters. The highest BCUT2D eigenvalue weighted by molar-refractivity contribution is 7.89. The summed E-state index contributed by atoms with van der Waals surface area (Å²) in [6.07, 6.45) is 1.87. The molecule has 0 aromatic heterocycles. The molecule has 22 heavy (non-hydrogen) atoms. The maximum absolute atomic E-state index is 13.2. The van der Waals surface area contributed by atoms with E-state index >= 15 is 0 Å². The number of halogens is 2. The van der Waals surface area contributed by atoms with Crippen molar-refractivity contribution in [2.45, 2.75) is 17.7 Å². The van der Waals surface area contributed by atoms with E-state index in [0.717, 1.165) is 25.0 Å². The van der Waals surface area contributed by atoms with Gasteiger partial charge in [-0.1, -0.05) is 11.6 Å². The van der Waals surface area contributed by atoms with Gasteiger partial charge >= 0.3 is 0 Å². The molecule has 2 aliphatic rings. The zero-order valence-corrected chi connectivity index (χ0v) is 13.4. The Morgan fingerprint density at radius 2 is 1.82 bits per heavy atom. The summed E-state index contributed by atoms with van der Waals surface area (Å²) < 4.78 is 39.5. The third-order valence-electron chi connectivity index (χ3n) is 4.01. The molecule has 1 amide bonds. The summed E-state index contributed by atoms with van der Waals surface area (Å²) in [6.45, 7) is 1.28. The topological polar surface area (TPSA) is 57.7 Å². The van der Waals surface area contributed by atoms with Crippen LogP contribution in [0.15, 0.2) is 23.1 Å². The van der Waals surface area contributed by atoms with Crippen molar-refractivity contribution in [3.8, 4) is 0 Å². The van der Waals surface area contributed by atoms with E-state index in [2.05, 4.69) is 0 Å². The predicted octanol–water partition coefficient (Wildman–Crippen LogP) is 1.72. The van der Waals surface area contributed by atoms with Crippen molar-refractivity contribution in [3.05, 3.63) is 29.0 Å². The Labute approximate surface area is 133 Å². The number of hydrogen-bond acceptors (Lipinski definition) is 3. The van der Waals surface area contributed by atoms with Crippen LogP contribution in [0.25, 0.3) is 0 Å². The van der Waals surface area contributed by atoms with E-state index in [4.69, 9.17) is 11.6 Å². The molecule has 1 saturated heterocycles. The van der Waals surface area contributed by atoms with Crippen molar-refractivity contribution in [1.29, 1.82) is 0 Å². The maximum atomic E-state index is 13.2. The Hall–Kier alpha value is -1.18. The molecule has 0 unspecified atom stereocenters. The van der Waals surface area contributed by atoms with Crippen molar-refractivity contribution in [1.82, 2.24) is 9.21 Å². The highest BCUT2D eigenvalue weighted by atomic mass is 35.5. The number of hydrogen-bond donors (Lipinski definition) is 0. The fraction of sp³-hybridized carbons (Fsp3) is 0.500. The molecule has 0 bridgehead atoms. The fourth-order valence-electron chi connectivity index (χ4n) is 2.52. The molecule has 0 N–H and O–H groups in total. The monoisotopic (exact) mass is 346 g/mol. The highest BCUT2D eigenvalue weighted by Gasteiger charge is 2.36. The van der Waals surface area contributed by atoms with Crippen LogP contribution in [0.3, 0.4) is 0 Å². The van der Waals surface area contributed by atoms with E-state index in [1.807, 2.05) is 0 Å². The minimum absolute atomic E-state index is 0.0270. The smallest absolute Gasteiger partial charge is 0.243 e. The average Bonchev–Trinajstić information content (AvgIpc) is 3.34. The number of carbonyl (C=O) groups excluding carboxylic acids is 1. The summed E-state index contributed by atoms with van der Waals surface area (Å²) in [6, 6.07) is 3.37. The zero-order valence-electron chi connectivity index (χ0n) is 11.8. The Kier molecular flexibility index (Phi) is 4.13. The molecular weight excluding hydrogens is 331 g/mol. The Morgan fingerprint density at radius 3 is 2.36 bits per heavy atom. The van der Waals surface area contributed by atoms with Gasteiger partial charge in [-0.05, 0) is 31.0 Å². The van der Waals surface area contributed by atoms with Gasteiger partial charge < -0.3 is 4.90 Å². The number of benzene rings is 1. The highest BCUT2D eigenvalue weighted by Crippen LogP contribution is 2.31. The summed E-state index contributed by atoms with van der Waals surface area (Å²) >= 11 is 5.65. The second-order valence-electron chi connectivity index (χ2n) is 5.58. The lowest BCUT2D eigenvalue weighted by molar-refractivity contribution is -0.133. The van der Waals surface area contributed by atoms with Crippen LogP contribution >= 0.6 is 11.6 Å². The van der Waals surface area contributed by atoms with Gasteiger partial charge in [-0.15, -0.1) is 0 Å². The largest absolute Gasteiger partial charge is 0.340 e. The maximum Gasteiger partial charge on any atom is 0.243 e. The van der Waals surface area contributed by atoms with E-state index in [1.54, 1.807) is 4.90 Å². The van der Waals surface area contributed by atoms with Gasteiger partial charge in [0.05, 0.1) is 9.92 Å². The molecule has 0 radical (unpaired) electrons. The lowest BCUT2D eigenvalue weighted by atomic mass is 10.3. The number of amides is 1. The predicted molar refractivity (Wildman–Crippen MR) is 79.5 cm³/mol. The van der Waals surface area contributed by atoms with Gasteiger partial charge in [0, 0.05) is 32.1 Å². The van der Waals surface area contributed by atoms with Gasteiger partial charge in [-0.3, -0.25) is 4.79 Å². The van der Waals surface area contributed by atoms with Gasteiger partial charge in [0.2, 0.25) is 15.9 Å². The summed E-state index contributed by atoms with van der Waals surface area (Å²) in [5.74, 6) is -0.388. The average molecular weight is 347 g/mol. The number of piperazine rings is 1. The van der Waals surface area contributed by atoms with E-state index in [9.17, 15) is 17.6 Å². The minimum atomic E-state index is -3.71. The van der Waals surface area contributed by atoms with Crippen LogP contribution < -0.4 is 0 Å². The molecule has 1 saturated carbocycles.